The van der Waals surface area contributed by atoms with E-state index in [2.05, 4.69) is 0 Å². The maximum Gasteiger partial charge on any atom is 0.161 e. The van der Waals surface area contributed by atoms with Crippen molar-refractivity contribution in [3.8, 4) is 11.1 Å². The Bertz CT molecular complexity index is 700. The van der Waals surface area contributed by atoms with Crippen molar-refractivity contribution in [2.24, 2.45) is 0 Å². The van der Waals surface area contributed by atoms with Gasteiger partial charge in [0.1, 0.15) is 11.6 Å². The highest BCUT2D eigenvalue weighted by Crippen LogP contribution is 2.29. The van der Waals surface area contributed by atoms with Crippen LogP contribution in [-0.4, -0.2) is 0 Å². The number of allylic oxidation sites excluding steroid dienone is 1. The molecule has 0 aromatic heterocycles. The Hall–Kier alpha value is -2.03. The van der Waals surface area contributed by atoms with Crippen LogP contribution in [0.3, 0.4) is 0 Å². The van der Waals surface area contributed by atoms with Crippen LogP contribution in [0.15, 0.2) is 48.3 Å². The van der Waals surface area contributed by atoms with E-state index in [-0.39, 0.29) is 17.8 Å². The Balaban J connectivity index is 2.23. The van der Waals surface area contributed by atoms with Crippen LogP contribution in [0, 0.1) is 5.82 Å². The van der Waals surface area contributed by atoms with Gasteiger partial charge in [-0.2, -0.15) is 0 Å². The van der Waals surface area contributed by atoms with Crippen LogP contribution in [0.5, 0.6) is 0 Å². The molecule has 0 fully saturated rings. The first-order chi connectivity index (χ1) is 11.6. The highest BCUT2D eigenvalue weighted by atomic mass is 19.2. The molecule has 0 aliphatic carbocycles. The summed E-state index contributed by atoms with van der Waals surface area (Å²) in [6.45, 7) is 3.98. The molecule has 0 spiro atoms. The summed E-state index contributed by atoms with van der Waals surface area (Å²) in [4.78, 5) is 0. The Labute approximate surface area is 142 Å². The van der Waals surface area contributed by atoms with E-state index in [1.807, 2.05) is 19.9 Å². The molecule has 0 nitrogen and oxygen atoms in total. The summed E-state index contributed by atoms with van der Waals surface area (Å²) >= 11 is 0. The summed E-state index contributed by atoms with van der Waals surface area (Å²) in [5, 5.41) is 0. The number of hydrogen-bond acceptors (Lipinski definition) is 0. The Morgan fingerprint density at radius 2 is 1.62 bits per heavy atom. The van der Waals surface area contributed by atoms with E-state index in [9.17, 15) is 13.2 Å². The van der Waals surface area contributed by atoms with E-state index in [1.165, 1.54) is 18.2 Å². The van der Waals surface area contributed by atoms with Gasteiger partial charge in [0.25, 0.3) is 0 Å². The third-order valence-corrected chi connectivity index (χ3v) is 4.01. The molecule has 0 N–H and O–H groups in total. The molecule has 0 aliphatic heterocycles. The van der Waals surface area contributed by atoms with E-state index < -0.39 is 11.7 Å². The molecule has 2 rings (SSSR count). The largest absolute Gasteiger partial charge is 0.209 e. The highest BCUT2D eigenvalue weighted by molar-refractivity contribution is 5.69. The maximum absolute atomic E-state index is 14.2. The number of aryl methyl sites for hydroxylation is 1. The minimum Gasteiger partial charge on any atom is -0.209 e. The van der Waals surface area contributed by atoms with Crippen molar-refractivity contribution < 1.29 is 13.2 Å². The van der Waals surface area contributed by atoms with E-state index in [1.54, 1.807) is 18.2 Å². The van der Waals surface area contributed by atoms with Crippen molar-refractivity contribution in [3.05, 3.63) is 65.2 Å². The fraction of sp³-hybridized carbons (Fsp3) is 0.333. The molecule has 2 aromatic carbocycles. The van der Waals surface area contributed by atoms with Crippen molar-refractivity contribution in [1.82, 2.24) is 0 Å². The van der Waals surface area contributed by atoms with Crippen molar-refractivity contribution in [2.75, 3.05) is 0 Å². The molecule has 3 heteroatoms. The van der Waals surface area contributed by atoms with Gasteiger partial charge in [-0.1, -0.05) is 63.1 Å². The molecule has 0 unspecified atom stereocenters. The van der Waals surface area contributed by atoms with Crippen LogP contribution in [0.25, 0.3) is 17.0 Å². The first-order valence-corrected chi connectivity index (χ1v) is 8.50. The Morgan fingerprint density at radius 1 is 0.917 bits per heavy atom. The lowest BCUT2D eigenvalue weighted by Crippen LogP contribution is -1.90. The number of rotatable bonds is 7. The molecule has 0 radical (unpaired) electrons. The number of benzene rings is 2. The minimum atomic E-state index is -0.825. The summed E-state index contributed by atoms with van der Waals surface area (Å²) < 4.78 is 42.0. The van der Waals surface area contributed by atoms with Gasteiger partial charge in [-0.15, -0.1) is 0 Å². The summed E-state index contributed by atoms with van der Waals surface area (Å²) in [6.07, 6.45) is 3.34. The van der Waals surface area contributed by atoms with E-state index in [0.29, 0.717) is 17.5 Å². The average molecular weight is 332 g/mol. The monoisotopic (exact) mass is 332 g/mol. The normalized spacial score (nSPS) is 12.2. The molecular weight excluding hydrogens is 309 g/mol. The van der Waals surface area contributed by atoms with Crippen molar-refractivity contribution in [1.29, 1.82) is 0 Å². The van der Waals surface area contributed by atoms with Crippen LogP contribution in [0.2, 0.25) is 0 Å². The zero-order chi connectivity index (χ0) is 17.5. The smallest absolute Gasteiger partial charge is 0.161 e. The van der Waals surface area contributed by atoms with Gasteiger partial charge in [0.2, 0.25) is 0 Å². The molecule has 0 amide bonds. The van der Waals surface area contributed by atoms with Crippen LogP contribution in [0.4, 0.5) is 13.2 Å². The molecule has 0 saturated heterocycles. The Kier molecular flexibility index (Phi) is 6.65. The summed E-state index contributed by atoms with van der Waals surface area (Å²) in [7, 11) is 0. The highest BCUT2D eigenvalue weighted by Gasteiger charge is 2.10. The third kappa shape index (κ3) is 4.50. The Morgan fingerprint density at radius 3 is 2.21 bits per heavy atom. The minimum absolute atomic E-state index is 0.109. The zero-order valence-corrected chi connectivity index (χ0v) is 14.2. The lowest BCUT2D eigenvalue weighted by atomic mass is 10.00. The van der Waals surface area contributed by atoms with Crippen molar-refractivity contribution in [3.63, 3.8) is 0 Å². The molecule has 0 saturated carbocycles. The van der Waals surface area contributed by atoms with Gasteiger partial charge < -0.3 is 0 Å². The molecule has 24 heavy (non-hydrogen) atoms. The molecule has 0 aliphatic rings. The second kappa shape index (κ2) is 8.72. The van der Waals surface area contributed by atoms with Gasteiger partial charge in [-0.3, -0.25) is 0 Å². The van der Waals surface area contributed by atoms with Gasteiger partial charge >= 0.3 is 0 Å². The van der Waals surface area contributed by atoms with E-state index in [4.69, 9.17) is 0 Å². The first kappa shape index (κ1) is 18.3. The zero-order valence-electron chi connectivity index (χ0n) is 14.2. The lowest BCUT2D eigenvalue weighted by molar-refractivity contribution is 0.548. The predicted molar refractivity (Wildman–Crippen MR) is 94.5 cm³/mol. The molecular formula is C21H23F3. The van der Waals surface area contributed by atoms with Crippen LogP contribution in [0.1, 0.15) is 50.7 Å². The predicted octanol–water partition coefficient (Wildman–Crippen LogP) is 7.24. The van der Waals surface area contributed by atoms with Crippen molar-refractivity contribution in [2.45, 2.75) is 46.0 Å². The quantitative estimate of drug-likeness (QED) is 0.501. The molecule has 0 bridgehead atoms. The topological polar surface area (TPSA) is 0 Å². The van der Waals surface area contributed by atoms with Gasteiger partial charge in [0.05, 0.1) is 0 Å². The first-order valence-electron chi connectivity index (χ1n) is 8.50. The van der Waals surface area contributed by atoms with Crippen LogP contribution >= 0.6 is 0 Å². The molecule has 2 aromatic rings. The summed E-state index contributed by atoms with van der Waals surface area (Å²) in [5.41, 5.74) is 2.27. The number of halogens is 3. The van der Waals surface area contributed by atoms with E-state index in [0.717, 1.165) is 24.8 Å². The molecule has 0 heterocycles. The van der Waals surface area contributed by atoms with Gasteiger partial charge in [0, 0.05) is 17.5 Å². The second-order valence-electron chi connectivity index (χ2n) is 5.96. The van der Waals surface area contributed by atoms with Crippen LogP contribution in [-0.2, 0) is 6.42 Å². The number of unbranched alkanes of at least 4 members (excludes halogenated alkanes) is 1. The molecule has 0 atom stereocenters. The average Bonchev–Trinajstić information content (AvgIpc) is 2.59. The molecule has 128 valence electrons. The van der Waals surface area contributed by atoms with E-state index >= 15 is 0 Å². The van der Waals surface area contributed by atoms with Crippen molar-refractivity contribution >= 4 is 5.83 Å². The van der Waals surface area contributed by atoms with Gasteiger partial charge in [0.15, 0.2) is 5.83 Å². The summed E-state index contributed by atoms with van der Waals surface area (Å²) in [5.74, 6) is -1.84. The maximum atomic E-state index is 14.2. The summed E-state index contributed by atoms with van der Waals surface area (Å²) in [6, 6.07) is 11.4. The fourth-order valence-corrected chi connectivity index (χ4v) is 2.63. The standard InChI is InChI=1S/C21H23F3/c1-3-5-7-19(22)21(24)17-11-9-16(10-12-17)18-13-8-15(6-4-2)14-20(18)23/h8-14H,3-7H2,1-2H3. The fourth-order valence-electron chi connectivity index (χ4n) is 2.63. The lowest BCUT2D eigenvalue weighted by Gasteiger charge is -2.07. The number of hydrogen-bond donors (Lipinski definition) is 0. The third-order valence-electron chi connectivity index (χ3n) is 4.01. The van der Waals surface area contributed by atoms with Crippen LogP contribution < -0.4 is 0 Å². The van der Waals surface area contributed by atoms with Gasteiger partial charge in [-0.05, 0) is 30.0 Å². The second-order valence-corrected chi connectivity index (χ2v) is 5.96. The van der Waals surface area contributed by atoms with Gasteiger partial charge in [-0.25, -0.2) is 13.2 Å². The SMILES string of the molecule is CCCCC(F)=C(F)c1ccc(-c2ccc(CCC)cc2F)cc1.